The topological polar surface area (TPSA) is 128 Å². The van der Waals surface area contributed by atoms with Gasteiger partial charge in [0.05, 0.1) is 6.61 Å². The Labute approximate surface area is 165 Å². The fourth-order valence-electron chi connectivity index (χ4n) is 3.23. The molecule has 0 unspecified atom stereocenters. The van der Waals surface area contributed by atoms with Gasteiger partial charge in [0.15, 0.2) is 6.10 Å². The Balaban J connectivity index is 2.14. The Morgan fingerprint density at radius 2 is 1.71 bits per heavy atom. The molecule has 3 atom stereocenters. The Morgan fingerprint density at radius 3 is 2.29 bits per heavy atom. The van der Waals surface area contributed by atoms with Gasteiger partial charge in [0.2, 0.25) is 12.0 Å². The zero-order valence-corrected chi connectivity index (χ0v) is 17.2. The van der Waals surface area contributed by atoms with Crippen LogP contribution in [0.15, 0.2) is 0 Å². The van der Waals surface area contributed by atoms with Crippen molar-refractivity contribution < 1.29 is 35.9 Å². The molecule has 28 heavy (non-hydrogen) atoms. The molecule has 0 aromatic carbocycles. The second kappa shape index (κ2) is 9.66. The summed E-state index contributed by atoms with van der Waals surface area (Å²) in [5.74, 6) is -2.05. The second-order valence-corrected chi connectivity index (χ2v) is 8.47. The number of carbonyl (C=O) groups excluding carboxylic acids is 3. The SMILES string of the molecule is CCOC(=O)[C@H]1OS(=O)(=O)O[C@@H]1C(=O)N[C@@H](CC(C)C)C(=O)N1CCCCC1. The molecule has 1 N–H and O–H groups in total. The number of nitrogens with zero attached hydrogens (tertiary/aromatic N) is 1. The zero-order valence-electron chi connectivity index (χ0n) is 16.4. The Bertz CT molecular complexity index is 687. The number of amides is 2. The van der Waals surface area contributed by atoms with Crippen LogP contribution < -0.4 is 5.32 Å². The van der Waals surface area contributed by atoms with Crippen LogP contribution in [-0.4, -0.2) is 69.0 Å². The average molecular weight is 420 g/mol. The first-order chi connectivity index (χ1) is 13.1. The largest absolute Gasteiger partial charge is 0.464 e. The molecular formula is C17H28N2O8S. The lowest BCUT2D eigenvalue weighted by Crippen LogP contribution is -2.54. The monoisotopic (exact) mass is 420 g/mol. The maximum Gasteiger partial charge on any atom is 0.401 e. The normalized spacial score (nSPS) is 25.4. The average Bonchev–Trinajstić information content (AvgIpc) is 2.97. The Morgan fingerprint density at radius 1 is 1.11 bits per heavy atom. The summed E-state index contributed by atoms with van der Waals surface area (Å²) < 4.78 is 37.1. The van der Waals surface area contributed by atoms with Crippen molar-refractivity contribution in [2.75, 3.05) is 19.7 Å². The third kappa shape index (κ3) is 5.89. The molecule has 2 heterocycles. The van der Waals surface area contributed by atoms with E-state index in [0.717, 1.165) is 19.3 Å². The fourth-order valence-corrected chi connectivity index (χ4v) is 4.15. The highest BCUT2D eigenvalue weighted by Crippen LogP contribution is 2.23. The number of piperidine rings is 1. The van der Waals surface area contributed by atoms with Crippen LogP contribution in [0.25, 0.3) is 0 Å². The lowest BCUT2D eigenvalue weighted by Gasteiger charge is -2.31. The van der Waals surface area contributed by atoms with E-state index in [2.05, 4.69) is 13.7 Å². The summed E-state index contributed by atoms with van der Waals surface area (Å²) in [7, 11) is -4.51. The summed E-state index contributed by atoms with van der Waals surface area (Å²) in [5.41, 5.74) is 0. The smallest absolute Gasteiger partial charge is 0.401 e. The molecule has 0 aromatic rings. The van der Waals surface area contributed by atoms with Crippen molar-refractivity contribution in [3.8, 4) is 0 Å². The minimum absolute atomic E-state index is 0.0174. The van der Waals surface area contributed by atoms with Crippen LogP contribution in [0.4, 0.5) is 0 Å². The van der Waals surface area contributed by atoms with Gasteiger partial charge in [-0.1, -0.05) is 13.8 Å². The molecule has 160 valence electrons. The third-order valence-electron chi connectivity index (χ3n) is 4.48. The highest BCUT2D eigenvalue weighted by Gasteiger charge is 2.50. The molecule has 2 aliphatic heterocycles. The predicted octanol–water partition coefficient (Wildman–Crippen LogP) is 0.122. The molecule has 0 aliphatic carbocycles. The molecule has 0 radical (unpaired) electrons. The lowest BCUT2D eigenvalue weighted by atomic mass is 10.0. The number of hydrogen-bond donors (Lipinski definition) is 1. The first-order valence-corrected chi connectivity index (χ1v) is 10.8. The number of rotatable bonds is 7. The minimum atomic E-state index is -4.51. The van der Waals surface area contributed by atoms with Gasteiger partial charge in [0, 0.05) is 13.1 Å². The molecule has 2 saturated heterocycles. The van der Waals surface area contributed by atoms with Crippen molar-refractivity contribution in [2.45, 2.75) is 64.7 Å². The van der Waals surface area contributed by atoms with Gasteiger partial charge in [-0.25, -0.2) is 13.2 Å². The highest BCUT2D eigenvalue weighted by molar-refractivity contribution is 7.82. The summed E-state index contributed by atoms with van der Waals surface area (Å²) in [4.78, 5) is 39.2. The van der Waals surface area contributed by atoms with E-state index in [1.54, 1.807) is 4.90 Å². The third-order valence-corrected chi connectivity index (χ3v) is 5.37. The molecule has 0 bridgehead atoms. The van der Waals surface area contributed by atoms with Crippen LogP contribution in [0, 0.1) is 5.92 Å². The number of esters is 1. The number of likely N-dealkylation sites (tertiary alicyclic amines) is 1. The molecule has 2 amide bonds. The van der Waals surface area contributed by atoms with Gasteiger partial charge >= 0.3 is 16.4 Å². The maximum absolute atomic E-state index is 12.9. The fraction of sp³-hybridized carbons (Fsp3) is 0.824. The molecule has 11 heteroatoms. The van der Waals surface area contributed by atoms with Crippen LogP contribution in [0.2, 0.25) is 0 Å². The van der Waals surface area contributed by atoms with E-state index in [1.165, 1.54) is 6.92 Å². The molecule has 10 nitrogen and oxygen atoms in total. The quantitative estimate of drug-likeness (QED) is 0.575. The Kier molecular flexibility index (Phi) is 7.79. The number of hydrogen-bond acceptors (Lipinski definition) is 8. The van der Waals surface area contributed by atoms with E-state index in [9.17, 15) is 22.8 Å². The van der Waals surface area contributed by atoms with Gasteiger partial charge in [0.25, 0.3) is 5.91 Å². The highest BCUT2D eigenvalue weighted by atomic mass is 32.3. The van der Waals surface area contributed by atoms with Crippen LogP contribution in [-0.2, 0) is 37.9 Å². The summed E-state index contributed by atoms with van der Waals surface area (Å²) >= 11 is 0. The van der Waals surface area contributed by atoms with Crippen molar-refractivity contribution in [1.29, 1.82) is 0 Å². The lowest BCUT2D eigenvalue weighted by molar-refractivity contribution is -0.155. The van der Waals surface area contributed by atoms with Gasteiger partial charge in [-0.3, -0.25) is 9.59 Å². The zero-order chi connectivity index (χ0) is 20.9. The Hall–Kier alpha value is -1.72. The number of nitrogens with one attached hydrogen (secondary N) is 1. The summed E-state index contributed by atoms with van der Waals surface area (Å²) in [6.07, 6.45) is -0.265. The second-order valence-electron chi connectivity index (χ2n) is 7.27. The van der Waals surface area contributed by atoms with Crippen LogP contribution in [0.5, 0.6) is 0 Å². The standard InChI is InChI=1S/C17H28N2O8S/c1-4-25-17(22)14-13(26-28(23,24)27-14)15(20)18-12(10-11(2)3)16(21)19-8-6-5-7-9-19/h11-14H,4-10H2,1-3H3,(H,18,20)/t12-,13-,14-/m0/s1. The van der Waals surface area contributed by atoms with E-state index in [4.69, 9.17) is 4.74 Å². The van der Waals surface area contributed by atoms with E-state index in [-0.39, 0.29) is 18.4 Å². The summed E-state index contributed by atoms with van der Waals surface area (Å²) in [6, 6.07) is -0.847. The van der Waals surface area contributed by atoms with Crippen molar-refractivity contribution >= 4 is 28.2 Å². The van der Waals surface area contributed by atoms with Crippen molar-refractivity contribution in [2.24, 2.45) is 5.92 Å². The maximum atomic E-state index is 12.9. The van der Waals surface area contributed by atoms with Crippen LogP contribution in [0.1, 0.15) is 46.5 Å². The minimum Gasteiger partial charge on any atom is -0.464 e. The van der Waals surface area contributed by atoms with Crippen molar-refractivity contribution in [3.05, 3.63) is 0 Å². The summed E-state index contributed by atoms with van der Waals surface area (Å²) in [6.45, 7) is 6.56. The first kappa shape index (κ1) is 22.6. The summed E-state index contributed by atoms with van der Waals surface area (Å²) in [5, 5.41) is 2.54. The molecule has 2 fully saturated rings. The molecule has 2 aliphatic rings. The van der Waals surface area contributed by atoms with Gasteiger partial charge in [-0.15, -0.1) is 0 Å². The molecule has 2 rings (SSSR count). The van der Waals surface area contributed by atoms with Crippen LogP contribution in [0.3, 0.4) is 0 Å². The first-order valence-electron chi connectivity index (χ1n) is 9.52. The molecule has 0 spiro atoms. The van der Waals surface area contributed by atoms with E-state index < -0.39 is 40.5 Å². The molecule has 0 aromatic heterocycles. The number of ether oxygens (including phenoxy) is 1. The molecule has 0 saturated carbocycles. The van der Waals surface area contributed by atoms with E-state index in [1.807, 2.05) is 13.8 Å². The van der Waals surface area contributed by atoms with Gasteiger partial charge in [-0.2, -0.15) is 8.42 Å². The van der Waals surface area contributed by atoms with Crippen molar-refractivity contribution in [1.82, 2.24) is 10.2 Å². The van der Waals surface area contributed by atoms with Gasteiger partial charge < -0.3 is 15.0 Å². The van der Waals surface area contributed by atoms with Gasteiger partial charge in [0.1, 0.15) is 6.04 Å². The van der Waals surface area contributed by atoms with E-state index in [0.29, 0.717) is 19.5 Å². The van der Waals surface area contributed by atoms with E-state index >= 15 is 0 Å². The molecular weight excluding hydrogens is 392 g/mol. The van der Waals surface area contributed by atoms with Crippen molar-refractivity contribution in [3.63, 3.8) is 0 Å². The predicted molar refractivity (Wildman–Crippen MR) is 97.1 cm³/mol. The number of carbonyl (C=O) groups is 3. The van der Waals surface area contributed by atoms with Gasteiger partial charge in [-0.05, 0) is 38.5 Å². The van der Waals surface area contributed by atoms with Crippen LogP contribution >= 0.6 is 0 Å².